The van der Waals surface area contributed by atoms with Crippen molar-refractivity contribution in [3.63, 3.8) is 0 Å². The van der Waals surface area contributed by atoms with E-state index in [-0.39, 0.29) is 12.0 Å². The number of methoxy groups -OCH3 is 1. The normalized spacial score (nSPS) is 11.2. The zero-order valence-corrected chi connectivity index (χ0v) is 10.5. The summed E-state index contributed by atoms with van der Waals surface area (Å²) in [7, 11) is 1.11. The van der Waals surface area contributed by atoms with Crippen LogP contribution >= 0.6 is 0 Å². The van der Waals surface area contributed by atoms with Gasteiger partial charge >= 0.3 is 5.97 Å². The summed E-state index contributed by atoms with van der Waals surface area (Å²) in [6, 6.07) is 2.57. The molecule has 1 amide bonds. The van der Waals surface area contributed by atoms with Crippen molar-refractivity contribution in [2.75, 3.05) is 13.7 Å². The predicted octanol–water partition coefficient (Wildman–Crippen LogP) is -0.458. The number of ether oxygens (including phenoxy) is 2. The molecule has 8 nitrogen and oxygen atoms in total. The first kappa shape index (κ1) is 15.3. The first-order valence-electron chi connectivity index (χ1n) is 5.46. The molecule has 0 bridgehead atoms. The molecular weight excluding hydrogens is 270 g/mol. The van der Waals surface area contributed by atoms with Gasteiger partial charge in [0.2, 0.25) is 0 Å². The van der Waals surface area contributed by atoms with Crippen LogP contribution in [0.15, 0.2) is 18.2 Å². The van der Waals surface area contributed by atoms with Crippen LogP contribution in [-0.2, 0) is 19.1 Å². The molecule has 20 heavy (non-hydrogen) atoms. The van der Waals surface area contributed by atoms with Crippen molar-refractivity contribution in [1.29, 1.82) is 0 Å². The molecule has 0 unspecified atom stereocenters. The Morgan fingerprint density at radius 3 is 2.70 bits per heavy atom. The fourth-order valence-electron chi connectivity index (χ4n) is 1.40. The van der Waals surface area contributed by atoms with Gasteiger partial charge in [0.25, 0.3) is 12.4 Å². The van der Waals surface area contributed by atoms with E-state index in [0.717, 1.165) is 7.11 Å². The van der Waals surface area contributed by atoms with Crippen molar-refractivity contribution in [3.05, 3.63) is 23.8 Å². The van der Waals surface area contributed by atoms with Gasteiger partial charge in [0.05, 0.1) is 12.7 Å². The molecule has 0 aliphatic heterocycles. The molecule has 0 spiro atoms. The number of nitrogens with one attached hydrogen (secondary N) is 1. The maximum Gasteiger partial charge on any atom is 0.331 e. The van der Waals surface area contributed by atoms with E-state index in [1.165, 1.54) is 18.2 Å². The second-order valence-electron chi connectivity index (χ2n) is 3.65. The fraction of sp³-hybridized carbons (Fsp3) is 0.250. The zero-order chi connectivity index (χ0) is 15.1. The minimum atomic E-state index is -1.22. The van der Waals surface area contributed by atoms with Crippen molar-refractivity contribution in [3.8, 4) is 11.5 Å². The maximum atomic E-state index is 11.9. The highest BCUT2D eigenvalue weighted by atomic mass is 16.5. The Labute approximate surface area is 113 Å². The van der Waals surface area contributed by atoms with Crippen molar-refractivity contribution >= 4 is 18.3 Å². The van der Waals surface area contributed by atoms with Gasteiger partial charge < -0.3 is 25.0 Å². The highest BCUT2D eigenvalue weighted by Crippen LogP contribution is 2.27. The predicted molar refractivity (Wildman–Crippen MR) is 65.1 cm³/mol. The monoisotopic (exact) mass is 283 g/mol. The third-order valence-electron chi connectivity index (χ3n) is 2.38. The minimum absolute atomic E-state index is 0.119. The molecule has 0 radical (unpaired) electrons. The molecule has 3 N–H and O–H groups in total. The lowest BCUT2D eigenvalue weighted by molar-refractivity contribution is -0.145. The van der Waals surface area contributed by atoms with Crippen LogP contribution in [0.5, 0.6) is 11.5 Å². The molecule has 1 aromatic carbocycles. The van der Waals surface area contributed by atoms with Gasteiger partial charge in [-0.05, 0) is 12.1 Å². The third-order valence-corrected chi connectivity index (χ3v) is 2.38. The van der Waals surface area contributed by atoms with Crippen LogP contribution < -0.4 is 5.32 Å². The molecule has 1 atom stereocenters. The van der Waals surface area contributed by atoms with Crippen molar-refractivity contribution in [2.45, 2.75) is 6.04 Å². The Balaban J connectivity index is 2.87. The molecule has 0 fully saturated rings. The molecule has 0 saturated carbocycles. The first-order chi connectivity index (χ1) is 9.51. The SMILES string of the molecule is COC(=O)[C@H](COC=O)NC(=O)c1cccc(O)c1O. The van der Waals surface area contributed by atoms with E-state index in [1.807, 2.05) is 0 Å². The molecule has 0 aliphatic carbocycles. The number of para-hydroxylation sites is 1. The molecule has 0 heterocycles. The van der Waals surface area contributed by atoms with E-state index in [1.54, 1.807) is 0 Å². The third kappa shape index (κ3) is 3.61. The quantitative estimate of drug-likeness (QED) is 0.367. The van der Waals surface area contributed by atoms with Crippen molar-refractivity contribution < 1.29 is 34.1 Å². The van der Waals surface area contributed by atoms with Gasteiger partial charge in [-0.15, -0.1) is 0 Å². The van der Waals surface area contributed by atoms with Crippen LogP contribution in [0.2, 0.25) is 0 Å². The van der Waals surface area contributed by atoms with Crippen LogP contribution in [0.4, 0.5) is 0 Å². The van der Waals surface area contributed by atoms with Crippen LogP contribution in [0, 0.1) is 0 Å². The van der Waals surface area contributed by atoms with E-state index < -0.39 is 36.0 Å². The van der Waals surface area contributed by atoms with Crippen LogP contribution in [0.25, 0.3) is 0 Å². The molecule has 1 rings (SSSR count). The Kier molecular flexibility index (Phi) is 5.33. The van der Waals surface area contributed by atoms with E-state index >= 15 is 0 Å². The Morgan fingerprint density at radius 1 is 1.40 bits per heavy atom. The Hall–Kier alpha value is -2.77. The largest absolute Gasteiger partial charge is 0.504 e. The number of benzene rings is 1. The van der Waals surface area contributed by atoms with Gasteiger partial charge in [0, 0.05) is 0 Å². The number of rotatable bonds is 6. The Bertz CT molecular complexity index is 515. The van der Waals surface area contributed by atoms with E-state index in [9.17, 15) is 24.6 Å². The topological polar surface area (TPSA) is 122 Å². The summed E-state index contributed by atoms with van der Waals surface area (Å²) in [4.78, 5) is 33.4. The van der Waals surface area contributed by atoms with Gasteiger partial charge in [0.1, 0.15) is 6.61 Å². The second-order valence-corrected chi connectivity index (χ2v) is 3.65. The second kappa shape index (κ2) is 6.98. The van der Waals surface area contributed by atoms with Crippen LogP contribution in [-0.4, -0.2) is 48.3 Å². The summed E-state index contributed by atoms with van der Waals surface area (Å²) in [5.41, 5.74) is -0.231. The molecule has 0 aliphatic rings. The fourth-order valence-corrected chi connectivity index (χ4v) is 1.40. The van der Waals surface area contributed by atoms with Crippen LogP contribution in [0.1, 0.15) is 10.4 Å². The number of hydrogen-bond donors (Lipinski definition) is 3. The van der Waals surface area contributed by atoms with Crippen molar-refractivity contribution in [2.24, 2.45) is 0 Å². The summed E-state index contributed by atoms with van der Waals surface area (Å²) in [6.07, 6.45) is 0. The van der Waals surface area contributed by atoms with E-state index in [2.05, 4.69) is 14.8 Å². The van der Waals surface area contributed by atoms with Gasteiger partial charge in [-0.2, -0.15) is 0 Å². The summed E-state index contributed by atoms with van der Waals surface area (Å²) in [5.74, 6) is -2.75. The average Bonchev–Trinajstić information content (AvgIpc) is 2.45. The molecule has 0 saturated heterocycles. The number of carbonyl (C=O) groups excluding carboxylic acids is 3. The Morgan fingerprint density at radius 2 is 2.10 bits per heavy atom. The number of aromatic hydroxyl groups is 2. The maximum absolute atomic E-state index is 11.9. The molecule has 108 valence electrons. The summed E-state index contributed by atoms with van der Waals surface area (Å²) >= 11 is 0. The standard InChI is InChI=1S/C12H13NO7/c1-19-12(18)8(5-20-6-14)13-11(17)7-3-2-4-9(15)10(7)16/h2-4,6,8,15-16H,5H2,1H3,(H,13,17)/t8-/m0/s1. The molecule has 8 heteroatoms. The lowest BCUT2D eigenvalue weighted by Crippen LogP contribution is -2.44. The minimum Gasteiger partial charge on any atom is -0.504 e. The van der Waals surface area contributed by atoms with Crippen molar-refractivity contribution in [1.82, 2.24) is 5.32 Å². The first-order valence-corrected chi connectivity index (χ1v) is 5.46. The average molecular weight is 283 g/mol. The number of esters is 1. The molecule has 1 aromatic rings. The highest BCUT2D eigenvalue weighted by molar-refractivity contribution is 5.99. The van der Waals surface area contributed by atoms with Gasteiger partial charge in [0.15, 0.2) is 17.5 Å². The van der Waals surface area contributed by atoms with Crippen LogP contribution in [0.3, 0.4) is 0 Å². The molecular formula is C12H13NO7. The number of phenols is 2. The van der Waals surface area contributed by atoms with Gasteiger partial charge in [-0.25, -0.2) is 4.79 Å². The molecule has 0 aromatic heterocycles. The number of hydrogen-bond acceptors (Lipinski definition) is 7. The van der Waals surface area contributed by atoms with E-state index in [4.69, 9.17) is 0 Å². The van der Waals surface area contributed by atoms with E-state index in [0.29, 0.717) is 0 Å². The smallest absolute Gasteiger partial charge is 0.331 e. The highest BCUT2D eigenvalue weighted by Gasteiger charge is 2.24. The lowest BCUT2D eigenvalue weighted by Gasteiger charge is -2.15. The van der Waals surface area contributed by atoms with Gasteiger partial charge in [-0.3, -0.25) is 9.59 Å². The number of phenolic OH excluding ortho intramolecular Hbond substituents is 2. The number of amides is 1. The number of carbonyl (C=O) groups is 3. The zero-order valence-electron chi connectivity index (χ0n) is 10.5. The van der Waals surface area contributed by atoms with Gasteiger partial charge in [-0.1, -0.05) is 6.07 Å². The summed E-state index contributed by atoms with van der Waals surface area (Å²) in [5, 5.41) is 21.0. The lowest BCUT2D eigenvalue weighted by atomic mass is 10.1. The summed E-state index contributed by atoms with van der Waals surface area (Å²) in [6.45, 7) is -0.296. The summed E-state index contributed by atoms with van der Waals surface area (Å²) < 4.78 is 8.84.